The van der Waals surface area contributed by atoms with E-state index in [2.05, 4.69) is 27.3 Å². The molecule has 1 aromatic heterocycles. The first-order valence-corrected chi connectivity index (χ1v) is 6.98. The van der Waals surface area contributed by atoms with Crippen LogP contribution in [0.2, 0.25) is 0 Å². The molecule has 1 fully saturated rings. The number of amides is 1. The van der Waals surface area contributed by atoms with Crippen molar-refractivity contribution >= 4 is 17.3 Å². The third kappa shape index (κ3) is 3.22. The van der Waals surface area contributed by atoms with Crippen LogP contribution in [-0.4, -0.2) is 49.2 Å². The molecule has 21 heavy (non-hydrogen) atoms. The number of anilines is 2. The van der Waals surface area contributed by atoms with Crippen molar-refractivity contribution in [3.63, 3.8) is 0 Å². The van der Waals surface area contributed by atoms with Crippen molar-refractivity contribution in [1.82, 2.24) is 10.1 Å². The Kier molecular flexibility index (Phi) is 3.87. The molecule has 1 amide bonds. The van der Waals surface area contributed by atoms with E-state index >= 15 is 0 Å². The van der Waals surface area contributed by atoms with Gasteiger partial charge in [-0.25, -0.2) is 0 Å². The zero-order chi connectivity index (χ0) is 14.7. The van der Waals surface area contributed by atoms with Gasteiger partial charge in [0.1, 0.15) is 0 Å². The van der Waals surface area contributed by atoms with Crippen LogP contribution in [0.3, 0.4) is 0 Å². The topological polar surface area (TPSA) is 61.6 Å². The standard InChI is InChI=1S/C15H18N4O2/c1-18-8-10-19(11-9-18)13-4-2-12(3-5-13)17-15(20)14-6-7-16-21-14/h2-7H,8-11H2,1H3,(H,17,20). The number of benzene rings is 1. The van der Waals surface area contributed by atoms with E-state index in [1.807, 2.05) is 24.3 Å². The fourth-order valence-electron chi connectivity index (χ4n) is 2.35. The summed E-state index contributed by atoms with van der Waals surface area (Å²) >= 11 is 0. The Morgan fingerprint density at radius 3 is 2.48 bits per heavy atom. The summed E-state index contributed by atoms with van der Waals surface area (Å²) in [5.74, 6) is -0.0852. The van der Waals surface area contributed by atoms with Crippen molar-refractivity contribution < 1.29 is 9.32 Å². The Labute approximate surface area is 123 Å². The van der Waals surface area contributed by atoms with E-state index in [1.54, 1.807) is 0 Å². The fourth-order valence-corrected chi connectivity index (χ4v) is 2.35. The number of hydrogen-bond acceptors (Lipinski definition) is 5. The Hall–Kier alpha value is -2.34. The molecule has 1 aliphatic heterocycles. The lowest BCUT2D eigenvalue weighted by Gasteiger charge is -2.34. The second-order valence-corrected chi connectivity index (χ2v) is 5.17. The Morgan fingerprint density at radius 2 is 1.86 bits per heavy atom. The molecular weight excluding hydrogens is 268 g/mol. The lowest BCUT2D eigenvalue weighted by atomic mass is 10.2. The van der Waals surface area contributed by atoms with Gasteiger partial charge >= 0.3 is 0 Å². The molecule has 6 heteroatoms. The van der Waals surface area contributed by atoms with E-state index in [-0.39, 0.29) is 11.7 Å². The molecule has 0 bridgehead atoms. The number of aromatic nitrogens is 1. The van der Waals surface area contributed by atoms with Crippen LogP contribution >= 0.6 is 0 Å². The number of nitrogens with zero attached hydrogens (tertiary/aromatic N) is 3. The van der Waals surface area contributed by atoms with Crippen molar-refractivity contribution in [3.8, 4) is 0 Å². The number of carbonyl (C=O) groups excluding carboxylic acids is 1. The molecule has 0 radical (unpaired) electrons. The van der Waals surface area contributed by atoms with Crippen molar-refractivity contribution in [3.05, 3.63) is 42.3 Å². The van der Waals surface area contributed by atoms with E-state index in [4.69, 9.17) is 4.52 Å². The van der Waals surface area contributed by atoms with Gasteiger partial charge in [-0.3, -0.25) is 4.79 Å². The maximum absolute atomic E-state index is 11.8. The zero-order valence-corrected chi connectivity index (χ0v) is 12.0. The third-order valence-corrected chi connectivity index (χ3v) is 3.66. The molecule has 0 atom stereocenters. The smallest absolute Gasteiger partial charge is 0.294 e. The van der Waals surface area contributed by atoms with Crippen LogP contribution in [0.5, 0.6) is 0 Å². The number of hydrogen-bond donors (Lipinski definition) is 1. The minimum Gasteiger partial charge on any atom is -0.369 e. The van der Waals surface area contributed by atoms with Crippen molar-refractivity contribution in [2.75, 3.05) is 43.4 Å². The van der Waals surface area contributed by atoms with Gasteiger partial charge in [0, 0.05) is 43.6 Å². The second-order valence-electron chi connectivity index (χ2n) is 5.17. The molecule has 1 N–H and O–H groups in total. The summed E-state index contributed by atoms with van der Waals surface area (Å²) in [6.45, 7) is 4.20. The molecule has 0 spiro atoms. The largest absolute Gasteiger partial charge is 0.369 e. The number of nitrogens with one attached hydrogen (secondary N) is 1. The summed E-state index contributed by atoms with van der Waals surface area (Å²) in [5, 5.41) is 6.30. The number of piperazine rings is 1. The summed E-state index contributed by atoms with van der Waals surface area (Å²) in [7, 11) is 2.14. The van der Waals surface area contributed by atoms with E-state index in [0.717, 1.165) is 31.9 Å². The molecule has 3 rings (SSSR count). The van der Waals surface area contributed by atoms with E-state index in [1.165, 1.54) is 18.0 Å². The summed E-state index contributed by atoms with van der Waals surface area (Å²) in [4.78, 5) is 16.5. The van der Waals surface area contributed by atoms with Crippen molar-refractivity contribution in [2.24, 2.45) is 0 Å². The van der Waals surface area contributed by atoms with Gasteiger partial charge in [0.2, 0.25) is 5.76 Å². The van der Waals surface area contributed by atoms with Gasteiger partial charge < -0.3 is 19.6 Å². The number of likely N-dealkylation sites (N-methyl/N-ethyl adjacent to an activating group) is 1. The SMILES string of the molecule is CN1CCN(c2ccc(NC(=O)c3ccno3)cc2)CC1. The van der Waals surface area contributed by atoms with Crippen molar-refractivity contribution in [1.29, 1.82) is 0 Å². The lowest BCUT2D eigenvalue weighted by Crippen LogP contribution is -2.44. The van der Waals surface area contributed by atoms with Gasteiger partial charge in [0.05, 0.1) is 6.20 Å². The van der Waals surface area contributed by atoms with E-state index in [9.17, 15) is 4.79 Å². The highest BCUT2D eigenvalue weighted by atomic mass is 16.5. The summed E-state index contributed by atoms with van der Waals surface area (Å²) in [6, 6.07) is 9.40. The van der Waals surface area contributed by atoms with Gasteiger partial charge in [-0.2, -0.15) is 0 Å². The number of carbonyl (C=O) groups is 1. The van der Waals surface area contributed by atoms with Crippen LogP contribution in [0.4, 0.5) is 11.4 Å². The normalized spacial score (nSPS) is 16.0. The molecule has 1 saturated heterocycles. The third-order valence-electron chi connectivity index (χ3n) is 3.66. The van der Waals surface area contributed by atoms with Crippen LogP contribution in [0.1, 0.15) is 10.6 Å². The Bertz CT molecular complexity index is 587. The van der Waals surface area contributed by atoms with E-state index in [0.29, 0.717) is 0 Å². The number of rotatable bonds is 3. The molecule has 0 unspecified atom stereocenters. The first kappa shape index (κ1) is 13.6. The maximum Gasteiger partial charge on any atom is 0.294 e. The predicted molar refractivity (Wildman–Crippen MR) is 80.6 cm³/mol. The van der Waals surface area contributed by atoms with E-state index < -0.39 is 0 Å². The summed E-state index contributed by atoms with van der Waals surface area (Å²) in [6.07, 6.45) is 1.45. The van der Waals surface area contributed by atoms with Gasteiger partial charge in [-0.1, -0.05) is 5.16 Å². The highest BCUT2D eigenvalue weighted by Gasteiger charge is 2.14. The highest BCUT2D eigenvalue weighted by molar-refractivity contribution is 6.02. The predicted octanol–water partition coefficient (Wildman–Crippen LogP) is 1.68. The quantitative estimate of drug-likeness (QED) is 0.930. The second kappa shape index (κ2) is 5.97. The maximum atomic E-state index is 11.8. The molecule has 2 heterocycles. The molecule has 1 aromatic carbocycles. The van der Waals surface area contributed by atoms with Gasteiger partial charge in [-0.05, 0) is 31.3 Å². The molecule has 110 valence electrons. The van der Waals surface area contributed by atoms with Crippen LogP contribution in [-0.2, 0) is 0 Å². The Balaban J connectivity index is 1.63. The van der Waals surface area contributed by atoms with Crippen molar-refractivity contribution in [2.45, 2.75) is 0 Å². The minimum atomic E-state index is -0.292. The molecular formula is C15H18N4O2. The van der Waals surface area contributed by atoms with Gasteiger partial charge in [-0.15, -0.1) is 0 Å². The minimum absolute atomic E-state index is 0.207. The molecule has 1 aliphatic rings. The molecule has 2 aromatic rings. The monoisotopic (exact) mass is 286 g/mol. The molecule has 6 nitrogen and oxygen atoms in total. The average Bonchev–Trinajstić information content (AvgIpc) is 3.03. The molecule has 0 aliphatic carbocycles. The fraction of sp³-hybridized carbons (Fsp3) is 0.333. The zero-order valence-electron chi connectivity index (χ0n) is 12.0. The average molecular weight is 286 g/mol. The Morgan fingerprint density at radius 1 is 1.14 bits per heavy atom. The first-order valence-electron chi connectivity index (χ1n) is 6.98. The van der Waals surface area contributed by atoms with Gasteiger partial charge in [0.25, 0.3) is 5.91 Å². The highest BCUT2D eigenvalue weighted by Crippen LogP contribution is 2.19. The first-order chi connectivity index (χ1) is 10.2. The van der Waals surface area contributed by atoms with Gasteiger partial charge in [0.15, 0.2) is 0 Å². The van der Waals surface area contributed by atoms with Crippen LogP contribution in [0.25, 0.3) is 0 Å². The lowest BCUT2D eigenvalue weighted by molar-refractivity contribution is 0.0988. The molecule has 0 saturated carbocycles. The summed E-state index contributed by atoms with van der Waals surface area (Å²) < 4.78 is 4.82. The van der Waals surface area contributed by atoms with Crippen LogP contribution < -0.4 is 10.2 Å². The summed E-state index contributed by atoms with van der Waals surface area (Å²) in [5.41, 5.74) is 1.93. The van der Waals surface area contributed by atoms with Crippen LogP contribution in [0, 0.1) is 0 Å². The van der Waals surface area contributed by atoms with Crippen LogP contribution in [0.15, 0.2) is 41.1 Å².